The first-order chi connectivity index (χ1) is 51.9. The molecule has 11 rings (SSSR count). The van der Waals surface area contributed by atoms with Crippen LogP contribution in [0.2, 0.25) is 0 Å². The van der Waals surface area contributed by atoms with Gasteiger partial charge in [0.1, 0.15) is 0 Å². The predicted octanol–water partition coefficient (Wildman–Crippen LogP) is 17.6. The van der Waals surface area contributed by atoms with E-state index >= 15 is 0 Å². The third-order valence-electron chi connectivity index (χ3n) is 19.9. The zero-order valence-corrected chi connectivity index (χ0v) is 64.3. The number of nitrogens with one attached hydrogen (secondary N) is 2. The number of nitrogens with zero attached hydrogens (tertiary/aromatic N) is 2. The Kier molecular flexibility index (Phi) is 25.2. The van der Waals surface area contributed by atoms with Gasteiger partial charge in [-0.2, -0.15) is 50.5 Å². The van der Waals surface area contributed by atoms with Crippen molar-refractivity contribution in [2.45, 2.75) is 136 Å². The van der Waals surface area contributed by atoms with Gasteiger partial charge < -0.3 is 16.4 Å². The predicted molar refractivity (Wildman–Crippen MR) is 425 cm³/mol. The third kappa shape index (κ3) is 22.2. The molecular weight excluding hydrogens is 1520 g/mol. The van der Waals surface area contributed by atoms with Crippen LogP contribution in [0.3, 0.4) is 0 Å². The van der Waals surface area contributed by atoms with Gasteiger partial charge >= 0.3 is 0 Å². The molecule has 0 saturated carbocycles. The first-order valence-electron chi connectivity index (χ1n) is 34.9. The number of hydrogen-bond donors (Lipinski definition) is 9. The van der Waals surface area contributed by atoms with Crippen LogP contribution in [0.1, 0.15) is 146 Å². The quantitative estimate of drug-likeness (QED) is 0.0144. The Balaban J connectivity index is 0.957. The highest BCUT2D eigenvalue weighted by atomic mass is 32.2. The van der Waals surface area contributed by atoms with Crippen molar-refractivity contribution < 1.29 is 77.8 Å². The number of benzene rings is 10. The van der Waals surface area contributed by atoms with Crippen molar-refractivity contribution >= 4 is 112 Å². The smallest absolute Gasteiger partial charge is 0.294 e. The summed E-state index contributed by atoms with van der Waals surface area (Å²) in [5, 5.41) is 6.85. The van der Waals surface area contributed by atoms with Crippen LogP contribution < -0.4 is 16.4 Å². The molecule has 0 aromatic heterocycles. The number of aliphatic imine (C=N–C) groups is 2. The molecule has 10 N–H and O–H groups in total. The SMILES string of the molecule is CC(CC(CC(CC(CC(CC(CC(C)c1ccc(S(=O)(=O)O)cc1)c1ccc(S(=O)(=O)O)cc1)c1ccc(S(=O)(=O)O)cc1)c1ccc(S(=O)(=O)O)cc1)c1ccc(Nc2ccc(N=C3C=CC(=Nc4ccc(Nc5ccc(N)cc5)cc4)CC3)cc2)cc1)c1ccc(S(=O)(=O)O)cc1)c1ccc(S(=O)(=O)O)cc1. The number of nitrogens with two attached hydrogens (primary N) is 1. The Morgan fingerprint density at radius 2 is 0.473 bits per heavy atom. The summed E-state index contributed by atoms with van der Waals surface area (Å²) in [5.41, 5.74) is 17.8. The van der Waals surface area contributed by atoms with Gasteiger partial charge in [-0.3, -0.25) is 37.3 Å². The number of nitrogen functional groups attached to an aromatic ring is 1. The fourth-order valence-electron chi connectivity index (χ4n) is 14.0. The molecule has 7 atom stereocenters. The first-order valence-corrected chi connectivity index (χ1v) is 43.5. The van der Waals surface area contributed by atoms with Crippen LogP contribution in [0.4, 0.5) is 39.8 Å². The highest BCUT2D eigenvalue weighted by Crippen LogP contribution is 2.48. The standard InChI is InChI=1S/C81H81N5O18S6/c1-53(55-5-35-76(36-6-55)105(87,88)89)47-62(58-9-39-78(40-10-58)107(93,94)95)49-64(57-3-19-68(20-4-57)83-70-23-27-72(28-24-70)85-74-31-33-75(34-32-74)86-73-29-25-71(26-30-73)84-69-21-17-67(82)18-22-69)51-66(61-15-45-81(46-16-61)110(102,103)104)52-65(60-13-43-80(44-14-60)109(99,100)101)50-63(59-11-41-79(42-12-59)108(96,97)98)48-54(2)56-7-37-77(38-8-56)106(90,91)92/h3-31,33,35-46,53-54,62-66,83-84H,32,34,47-52,82H2,1-2H3,(H,87,88,89)(H,90,91,92)(H,93,94,95)(H,96,97,98)(H,99,100,101)(H,102,103,104). The van der Waals surface area contributed by atoms with Gasteiger partial charge in [-0.05, 0) is 302 Å². The van der Waals surface area contributed by atoms with E-state index in [1.54, 1.807) is 72.8 Å². The zero-order valence-electron chi connectivity index (χ0n) is 59.5. The summed E-state index contributed by atoms with van der Waals surface area (Å²) in [6.45, 7) is 3.82. The molecule has 574 valence electrons. The maximum atomic E-state index is 12.7. The van der Waals surface area contributed by atoms with Gasteiger partial charge in [0.2, 0.25) is 0 Å². The number of hydrogen-bond acceptors (Lipinski definition) is 17. The summed E-state index contributed by atoms with van der Waals surface area (Å²) in [6.07, 6.45) is 6.92. The van der Waals surface area contributed by atoms with E-state index in [9.17, 15) is 77.8 Å². The molecule has 10 aromatic carbocycles. The largest absolute Gasteiger partial charge is 0.399 e. The van der Waals surface area contributed by atoms with E-state index < -0.39 is 100 Å². The van der Waals surface area contributed by atoms with Crippen molar-refractivity contribution in [3.05, 3.63) is 294 Å². The normalized spacial score (nSPS) is 15.8. The molecule has 0 spiro atoms. The van der Waals surface area contributed by atoms with Crippen molar-refractivity contribution in [1.29, 1.82) is 0 Å². The van der Waals surface area contributed by atoms with Crippen molar-refractivity contribution in [1.82, 2.24) is 0 Å². The average molecular weight is 1600 g/mol. The van der Waals surface area contributed by atoms with Crippen LogP contribution in [0.25, 0.3) is 0 Å². The highest BCUT2D eigenvalue weighted by Gasteiger charge is 2.32. The second-order valence-electron chi connectivity index (χ2n) is 27.6. The molecule has 0 radical (unpaired) electrons. The second-order valence-corrected chi connectivity index (χ2v) is 36.1. The van der Waals surface area contributed by atoms with E-state index in [1.165, 1.54) is 72.8 Å². The van der Waals surface area contributed by atoms with Crippen molar-refractivity contribution in [3.8, 4) is 0 Å². The lowest BCUT2D eigenvalue weighted by molar-refractivity contribution is 0.386. The Hall–Kier alpha value is -9.86. The summed E-state index contributed by atoms with van der Waals surface area (Å²) in [6, 6.07) is 64.9. The van der Waals surface area contributed by atoms with Gasteiger partial charge in [0.15, 0.2) is 0 Å². The molecule has 1 aliphatic carbocycles. The summed E-state index contributed by atoms with van der Waals surface area (Å²) in [7, 11) is -27.9. The second kappa shape index (κ2) is 34.2. The Morgan fingerprint density at radius 3 is 0.691 bits per heavy atom. The molecule has 0 heterocycles. The molecular formula is C81H81N5O18S6. The third-order valence-corrected chi connectivity index (χ3v) is 25.1. The number of allylic oxidation sites excluding steroid dienone is 2. The molecule has 0 aliphatic heterocycles. The molecule has 0 bridgehead atoms. The average Bonchev–Trinajstić information content (AvgIpc) is 0.803. The molecule has 110 heavy (non-hydrogen) atoms. The molecule has 10 aromatic rings. The van der Waals surface area contributed by atoms with Gasteiger partial charge in [0.25, 0.3) is 60.7 Å². The minimum absolute atomic E-state index is 0.196. The van der Waals surface area contributed by atoms with E-state index in [1.807, 2.05) is 123 Å². The topological polar surface area (TPSA) is 401 Å². The maximum Gasteiger partial charge on any atom is 0.294 e. The van der Waals surface area contributed by atoms with E-state index in [2.05, 4.69) is 10.6 Å². The first kappa shape index (κ1) is 81.1. The lowest BCUT2D eigenvalue weighted by atomic mass is 9.71. The molecule has 29 heteroatoms. The Bertz CT molecular complexity index is 5730. The van der Waals surface area contributed by atoms with Crippen molar-refractivity contribution in [2.24, 2.45) is 9.98 Å². The molecule has 1 aliphatic rings. The van der Waals surface area contributed by atoms with Crippen LogP contribution in [-0.2, 0) is 60.7 Å². The van der Waals surface area contributed by atoms with Gasteiger partial charge in [-0.25, -0.2) is 0 Å². The van der Waals surface area contributed by atoms with E-state index in [-0.39, 0.29) is 50.7 Å². The van der Waals surface area contributed by atoms with E-state index in [0.29, 0.717) is 76.9 Å². The summed E-state index contributed by atoms with van der Waals surface area (Å²) in [5.74, 6) is -3.39. The molecule has 7 unspecified atom stereocenters. The molecule has 0 saturated heterocycles. The minimum atomic E-state index is -4.73. The van der Waals surface area contributed by atoms with E-state index in [4.69, 9.17) is 15.7 Å². The summed E-state index contributed by atoms with van der Waals surface area (Å²) >= 11 is 0. The zero-order chi connectivity index (χ0) is 78.9. The van der Waals surface area contributed by atoms with Crippen molar-refractivity contribution in [3.63, 3.8) is 0 Å². The van der Waals surface area contributed by atoms with Crippen LogP contribution >= 0.6 is 0 Å². The Morgan fingerprint density at radius 1 is 0.282 bits per heavy atom. The lowest BCUT2D eigenvalue weighted by Gasteiger charge is -2.33. The van der Waals surface area contributed by atoms with Crippen LogP contribution in [0.5, 0.6) is 0 Å². The minimum Gasteiger partial charge on any atom is -0.399 e. The van der Waals surface area contributed by atoms with Gasteiger partial charge in [-0.15, -0.1) is 0 Å². The summed E-state index contributed by atoms with van der Waals surface area (Å²) < 4.78 is 210. The van der Waals surface area contributed by atoms with Gasteiger partial charge in [0.05, 0.1) is 40.7 Å². The lowest BCUT2D eigenvalue weighted by Crippen LogP contribution is -2.17. The maximum absolute atomic E-state index is 12.7. The summed E-state index contributed by atoms with van der Waals surface area (Å²) in [4.78, 5) is 7.58. The van der Waals surface area contributed by atoms with E-state index in [0.717, 1.165) is 45.4 Å². The highest BCUT2D eigenvalue weighted by molar-refractivity contribution is 7.87. The van der Waals surface area contributed by atoms with Gasteiger partial charge in [0, 0.05) is 39.9 Å². The van der Waals surface area contributed by atoms with Gasteiger partial charge in [-0.1, -0.05) is 98.8 Å². The fourth-order valence-corrected chi connectivity index (χ4v) is 16.9. The molecule has 0 fully saturated rings. The van der Waals surface area contributed by atoms with Crippen LogP contribution in [0, 0.1) is 0 Å². The number of anilines is 5. The molecule has 0 amide bonds. The van der Waals surface area contributed by atoms with Crippen LogP contribution in [0.15, 0.2) is 294 Å². The number of rotatable bonds is 31. The fraction of sp³-hybridized carbons (Fsp3) is 0.210. The van der Waals surface area contributed by atoms with Crippen molar-refractivity contribution in [2.75, 3.05) is 16.4 Å². The molecule has 23 nitrogen and oxygen atoms in total. The van der Waals surface area contributed by atoms with Crippen LogP contribution in [-0.4, -0.2) is 89.2 Å². The Labute approximate surface area is 641 Å². The monoisotopic (exact) mass is 1600 g/mol.